The number of aromatic nitrogens is 2. The van der Waals surface area contributed by atoms with Crippen molar-refractivity contribution in [2.24, 2.45) is 17.8 Å². The quantitative estimate of drug-likeness (QED) is 0.766. The summed E-state index contributed by atoms with van der Waals surface area (Å²) < 4.78 is 0. The molecule has 1 fully saturated rings. The van der Waals surface area contributed by atoms with Crippen molar-refractivity contribution in [3.63, 3.8) is 0 Å². The Hall–Kier alpha value is -0.790. The zero-order valence-corrected chi connectivity index (χ0v) is 9.16. The van der Waals surface area contributed by atoms with E-state index in [1.54, 1.807) is 6.33 Å². The molecule has 1 N–H and O–H groups in total. The van der Waals surface area contributed by atoms with Crippen LogP contribution in [0, 0.1) is 17.8 Å². The van der Waals surface area contributed by atoms with Crippen LogP contribution in [0.4, 0.5) is 0 Å². The zero-order valence-electron chi connectivity index (χ0n) is 9.16. The van der Waals surface area contributed by atoms with Crippen molar-refractivity contribution in [1.29, 1.82) is 0 Å². The van der Waals surface area contributed by atoms with Gasteiger partial charge in [0.2, 0.25) is 0 Å². The lowest BCUT2D eigenvalue weighted by Gasteiger charge is -2.31. The van der Waals surface area contributed by atoms with Crippen LogP contribution in [0.2, 0.25) is 0 Å². The number of hydrogen-bond donors (Lipinski definition) is 1. The number of nitrogens with one attached hydrogen (secondary N) is 1. The minimum Gasteiger partial charge on any atom is -0.348 e. The van der Waals surface area contributed by atoms with E-state index in [2.05, 4.69) is 23.8 Å². The fourth-order valence-corrected chi connectivity index (χ4v) is 2.55. The lowest BCUT2D eigenvalue weighted by molar-refractivity contribution is 0.207. The van der Waals surface area contributed by atoms with E-state index >= 15 is 0 Å². The monoisotopic (exact) mass is 192 g/mol. The van der Waals surface area contributed by atoms with Crippen LogP contribution in [0.3, 0.4) is 0 Å². The third-order valence-corrected chi connectivity index (χ3v) is 3.77. The molecule has 1 aromatic rings. The summed E-state index contributed by atoms with van der Waals surface area (Å²) in [6.45, 7) is 4.78. The molecule has 14 heavy (non-hydrogen) atoms. The minimum atomic E-state index is 0.877. The topological polar surface area (TPSA) is 28.7 Å². The molecule has 1 heterocycles. The first-order valence-corrected chi connectivity index (χ1v) is 5.73. The molecule has 2 rings (SSSR count). The second kappa shape index (κ2) is 4.16. The van der Waals surface area contributed by atoms with E-state index < -0.39 is 0 Å². The molecule has 0 aliphatic heterocycles. The lowest BCUT2D eigenvalue weighted by atomic mass is 9.74. The van der Waals surface area contributed by atoms with Crippen molar-refractivity contribution in [3.05, 3.63) is 18.2 Å². The first-order valence-electron chi connectivity index (χ1n) is 5.73. The van der Waals surface area contributed by atoms with Gasteiger partial charge in [0.05, 0.1) is 6.33 Å². The Morgan fingerprint density at radius 3 is 2.86 bits per heavy atom. The molecular formula is C12H20N2. The summed E-state index contributed by atoms with van der Waals surface area (Å²) in [5.41, 5.74) is 1.30. The largest absolute Gasteiger partial charge is 0.348 e. The van der Waals surface area contributed by atoms with Gasteiger partial charge in [-0.3, -0.25) is 0 Å². The van der Waals surface area contributed by atoms with E-state index in [1.807, 2.05) is 6.20 Å². The van der Waals surface area contributed by atoms with Crippen molar-refractivity contribution in [1.82, 2.24) is 9.97 Å². The number of aromatic amines is 1. The van der Waals surface area contributed by atoms with Gasteiger partial charge in [-0.2, -0.15) is 0 Å². The molecule has 1 saturated carbocycles. The lowest BCUT2D eigenvalue weighted by Crippen LogP contribution is -2.22. The summed E-state index contributed by atoms with van der Waals surface area (Å²) in [6, 6.07) is 0. The highest BCUT2D eigenvalue weighted by molar-refractivity contribution is 4.96. The summed E-state index contributed by atoms with van der Waals surface area (Å²) in [4.78, 5) is 7.27. The second-order valence-corrected chi connectivity index (χ2v) is 4.91. The van der Waals surface area contributed by atoms with Crippen molar-refractivity contribution >= 4 is 0 Å². The first-order chi connectivity index (χ1) is 6.75. The van der Waals surface area contributed by atoms with Crippen LogP contribution >= 0.6 is 0 Å². The van der Waals surface area contributed by atoms with Gasteiger partial charge in [-0.05, 0) is 37.0 Å². The molecule has 1 aliphatic rings. The molecule has 0 radical (unpaired) electrons. The van der Waals surface area contributed by atoms with Crippen molar-refractivity contribution < 1.29 is 0 Å². The summed E-state index contributed by atoms with van der Waals surface area (Å²) in [5, 5.41) is 0. The normalized spacial score (nSPS) is 33.1. The highest BCUT2D eigenvalue weighted by Crippen LogP contribution is 2.34. The number of hydrogen-bond acceptors (Lipinski definition) is 1. The SMILES string of the molecule is CC1CCC(Cc2cnc[nH]2)CC1C. The van der Waals surface area contributed by atoms with Gasteiger partial charge in [0.1, 0.15) is 0 Å². The third kappa shape index (κ3) is 2.17. The second-order valence-electron chi connectivity index (χ2n) is 4.91. The van der Waals surface area contributed by atoms with Gasteiger partial charge in [-0.1, -0.05) is 20.3 Å². The molecule has 2 nitrogen and oxygen atoms in total. The molecule has 0 spiro atoms. The van der Waals surface area contributed by atoms with Gasteiger partial charge < -0.3 is 4.98 Å². The van der Waals surface area contributed by atoms with Crippen LogP contribution in [0.1, 0.15) is 38.8 Å². The Bertz CT molecular complexity index is 266. The van der Waals surface area contributed by atoms with Crippen LogP contribution in [0.15, 0.2) is 12.5 Å². The fourth-order valence-electron chi connectivity index (χ4n) is 2.55. The highest BCUT2D eigenvalue weighted by atomic mass is 14.9. The molecule has 2 heteroatoms. The zero-order chi connectivity index (χ0) is 9.97. The first kappa shape index (κ1) is 9.75. The number of imidazole rings is 1. The maximum atomic E-state index is 4.07. The molecule has 0 aromatic carbocycles. The minimum absolute atomic E-state index is 0.877. The summed E-state index contributed by atoms with van der Waals surface area (Å²) in [7, 11) is 0. The van der Waals surface area contributed by atoms with Gasteiger partial charge in [-0.25, -0.2) is 4.98 Å². The van der Waals surface area contributed by atoms with E-state index in [0.29, 0.717) is 0 Å². The predicted octanol–water partition coefficient (Wildman–Crippen LogP) is 3.02. The van der Waals surface area contributed by atoms with E-state index in [4.69, 9.17) is 0 Å². The number of nitrogens with zero attached hydrogens (tertiary/aromatic N) is 1. The fraction of sp³-hybridized carbons (Fsp3) is 0.750. The standard InChI is InChI=1S/C12H20N2/c1-9-3-4-11(5-10(9)2)6-12-7-13-8-14-12/h7-11H,3-6H2,1-2H3,(H,13,14). The average molecular weight is 192 g/mol. The van der Waals surface area contributed by atoms with E-state index in [0.717, 1.165) is 17.8 Å². The van der Waals surface area contributed by atoms with Crippen LogP contribution in [0.5, 0.6) is 0 Å². The summed E-state index contributed by atoms with van der Waals surface area (Å²) >= 11 is 0. The molecule has 78 valence electrons. The highest BCUT2D eigenvalue weighted by Gasteiger charge is 2.24. The molecule has 0 saturated heterocycles. The van der Waals surface area contributed by atoms with Crippen molar-refractivity contribution in [2.45, 2.75) is 39.5 Å². The Labute approximate surface area is 86.1 Å². The van der Waals surface area contributed by atoms with Gasteiger partial charge >= 0.3 is 0 Å². The average Bonchev–Trinajstić information content (AvgIpc) is 2.64. The maximum absolute atomic E-state index is 4.07. The van der Waals surface area contributed by atoms with E-state index in [1.165, 1.54) is 31.4 Å². The maximum Gasteiger partial charge on any atom is 0.0921 e. The molecule has 0 amide bonds. The molecule has 1 aromatic heterocycles. The van der Waals surface area contributed by atoms with Crippen LogP contribution < -0.4 is 0 Å². The Balaban J connectivity index is 1.88. The molecule has 3 atom stereocenters. The Morgan fingerprint density at radius 2 is 2.21 bits per heavy atom. The van der Waals surface area contributed by atoms with Gasteiger partial charge in [0.25, 0.3) is 0 Å². The van der Waals surface area contributed by atoms with Crippen molar-refractivity contribution in [2.75, 3.05) is 0 Å². The van der Waals surface area contributed by atoms with Gasteiger partial charge in [0, 0.05) is 11.9 Å². The molecule has 3 unspecified atom stereocenters. The predicted molar refractivity (Wildman–Crippen MR) is 58.0 cm³/mol. The summed E-state index contributed by atoms with van der Waals surface area (Å²) in [5.74, 6) is 2.70. The molecular weight excluding hydrogens is 172 g/mol. The number of rotatable bonds is 2. The third-order valence-electron chi connectivity index (χ3n) is 3.77. The Morgan fingerprint density at radius 1 is 1.36 bits per heavy atom. The molecule has 1 aliphatic carbocycles. The Kier molecular flexibility index (Phi) is 2.90. The molecule has 0 bridgehead atoms. The van der Waals surface area contributed by atoms with Crippen LogP contribution in [-0.4, -0.2) is 9.97 Å². The smallest absolute Gasteiger partial charge is 0.0921 e. The van der Waals surface area contributed by atoms with Crippen LogP contribution in [0.25, 0.3) is 0 Å². The van der Waals surface area contributed by atoms with E-state index in [9.17, 15) is 0 Å². The summed E-state index contributed by atoms with van der Waals surface area (Å²) in [6.07, 6.45) is 9.12. The van der Waals surface area contributed by atoms with Gasteiger partial charge in [-0.15, -0.1) is 0 Å². The van der Waals surface area contributed by atoms with Gasteiger partial charge in [0.15, 0.2) is 0 Å². The van der Waals surface area contributed by atoms with Crippen LogP contribution in [-0.2, 0) is 6.42 Å². The van der Waals surface area contributed by atoms with Crippen molar-refractivity contribution in [3.8, 4) is 0 Å². The number of H-pyrrole nitrogens is 1. The van der Waals surface area contributed by atoms with E-state index in [-0.39, 0.29) is 0 Å².